The minimum atomic E-state index is -0.141. The van der Waals surface area contributed by atoms with E-state index in [-0.39, 0.29) is 18.2 Å². The highest BCUT2D eigenvalue weighted by molar-refractivity contribution is 5.70. The molecule has 0 N–H and O–H groups in total. The lowest BCUT2D eigenvalue weighted by atomic mass is 9.96. The number of hydrogen-bond donors (Lipinski definition) is 0. The minimum Gasteiger partial charge on any atom is -0.469 e. The van der Waals surface area contributed by atoms with Crippen LogP contribution in [0.2, 0.25) is 0 Å². The number of carbonyl (C=O) groups is 2. The van der Waals surface area contributed by atoms with E-state index < -0.39 is 0 Å². The number of nitrogens with zero attached hydrogens (tertiary/aromatic N) is 4. The number of amides is 1. The summed E-state index contributed by atoms with van der Waals surface area (Å²) < 4.78 is 10.4. The molecule has 1 aromatic rings. The molecule has 188 valence electrons. The molecule has 3 aliphatic heterocycles. The van der Waals surface area contributed by atoms with Crippen LogP contribution in [0.5, 0.6) is 0 Å². The zero-order valence-corrected chi connectivity index (χ0v) is 20.6. The summed E-state index contributed by atoms with van der Waals surface area (Å²) in [4.78, 5) is 33.0. The number of piperazine rings is 1. The van der Waals surface area contributed by atoms with Gasteiger partial charge in [0.25, 0.3) is 0 Å². The molecule has 1 amide bonds. The van der Waals surface area contributed by atoms with Gasteiger partial charge in [0.15, 0.2) is 0 Å². The SMILES string of the molecule is COC(=O)CCCN1CCN(CC2CN(CC3CCN(Cc4ccccc4)CC3)C(=O)O2)CC1. The van der Waals surface area contributed by atoms with E-state index in [1.54, 1.807) is 0 Å². The summed E-state index contributed by atoms with van der Waals surface area (Å²) in [7, 11) is 1.44. The Bertz CT molecular complexity index is 776. The van der Waals surface area contributed by atoms with Gasteiger partial charge in [-0.3, -0.25) is 14.6 Å². The van der Waals surface area contributed by atoms with Gasteiger partial charge in [-0.25, -0.2) is 4.79 Å². The van der Waals surface area contributed by atoms with E-state index in [2.05, 4.69) is 45.0 Å². The van der Waals surface area contributed by atoms with Crippen molar-refractivity contribution in [2.75, 3.05) is 72.6 Å². The molecule has 1 unspecified atom stereocenters. The molecule has 0 aromatic heterocycles. The van der Waals surface area contributed by atoms with E-state index in [1.165, 1.54) is 12.7 Å². The van der Waals surface area contributed by atoms with Crippen molar-refractivity contribution in [2.45, 2.75) is 38.3 Å². The Morgan fingerprint density at radius 1 is 0.971 bits per heavy atom. The van der Waals surface area contributed by atoms with E-state index in [4.69, 9.17) is 9.47 Å². The van der Waals surface area contributed by atoms with Crippen molar-refractivity contribution in [2.24, 2.45) is 5.92 Å². The van der Waals surface area contributed by atoms with Crippen molar-refractivity contribution in [1.82, 2.24) is 19.6 Å². The molecule has 0 radical (unpaired) electrons. The second-order valence-electron chi connectivity index (χ2n) is 9.94. The van der Waals surface area contributed by atoms with Crippen LogP contribution >= 0.6 is 0 Å². The number of esters is 1. The van der Waals surface area contributed by atoms with Gasteiger partial charge in [-0.05, 0) is 50.4 Å². The average Bonchev–Trinajstić information content (AvgIpc) is 3.20. The van der Waals surface area contributed by atoms with Crippen molar-refractivity contribution in [3.05, 3.63) is 35.9 Å². The van der Waals surface area contributed by atoms with Gasteiger partial charge >= 0.3 is 12.1 Å². The molecule has 3 heterocycles. The fraction of sp³-hybridized carbons (Fsp3) is 0.692. The Morgan fingerprint density at radius 2 is 1.68 bits per heavy atom. The summed E-state index contributed by atoms with van der Waals surface area (Å²) in [6, 6.07) is 10.7. The number of methoxy groups -OCH3 is 1. The van der Waals surface area contributed by atoms with Crippen molar-refractivity contribution in [3.8, 4) is 0 Å². The van der Waals surface area contributed by atoms with E-state index in [1.807, 2.05) is 4.90 Å². The van der Waals surface area contributed by atoms with Crippen LogP contribution in [-0.4, -0.2) is 110 Å². The summed E-state index contributed by atoms with van der Waals surface area (Å²) in [5, 5.41) is 0. The van der Waals surface area contributed by atoms with Gasteiger partial charge in [0.2, 0.25) is 0 Å². The number of benzene rings is 1. The van der Waals surface area contributed by atoms with Gasteiger partial charge in [-0.1, -0.05) is 30.3 Å². The lowest BCUT2D eigenvalue weighted by Gasteiger charge is -2.35. The Morgan fingerprint density at radius 3 is 2.38 bits per heavy atom. The van der Waals surface area contributed by atoms with E-state index in [0.29, 0.717) is 18.9 Å². The first-order valence-electron chi connectivity index (χ1n) is 12.8. The van der Waals surface area contributed by atoms with Crippen molar-refractivity contribution >= 4 is 12.1 Å². The first-order chi connectivity index (χ1) is 16.6. The average molecular weight is 473 g/mol. The lowest BCUT2D eigenvalue weighted by Crippen LogP contribution is -2.49. The molecule has 1 atom stereocenters. The van der Waals surface area contributed by atoms with E-state index in [0.717, 1.165) is 84.7 Å². The second-order valence-corrected chi connectivity index (χ2v) is 9.94. The van der Waals surface area contributed by atoms with Crippen LogP contribution in [0.25, 0.3) is 0 Å². The quantitative estimate of drug-likeness (QED) is 0.484. The van der Waals surface area contributed by atoms with Crippen molar-refractivity contribution < 1.29 is 19.1 Å². The Balaban J connectivity index is 1.11. The molecule has 3 aliphatic rings. The predicted octanol–water partition coefficient (Wildman–Crippen LogP) is 2.29. The Labute approximate surface area is 203 Å². The molecule has 0 saturated carbocycles. The lowest BCUT2D eigenvalue weighted by molar-refractivity contribution is -0.140. The number of hydrogen-bond acceptors (Lipinski definition) is 7. The number of carbonyl (C=O) groups excluding carboxylic acids is 2. The molecule has 3 saturated heterocycles. The van der Waals surface area contributed by atoms with Gasteiger partial charge in [-0.2, -0.15) is 0 Å². The summed E-state index contributed by atoms with van der Waals surface area (Å²) in [5.74, 6) is 0.427. The molecule has 0 bridgehead atoms. The van der Waals surface area contributed by atoms with Crippen LogP contribution in [0.4, 0.5) is 4.79 Å². The monoisotopic (exact) mass is 472 g/mol. The minimum absolute atomic E-state index is 0.0310. The van der Waals surface area contributed by atoms with Crippen LogP contribution in [0.1, 0.15) is 31.2 Å². The molecule has 3 fully saturated rings. The smallest absolute Gasteiger partial charge is 0.410 e. The number of rotatable bonds is 10. The van der Waals surface area contributed by atoms with Gasteiger partial charge in [0.05, 0.1) is 13.7 Å². The maximum Gasteiger partial charge on any atom is 0.410 e. The summed E-state index contributed by atoms with van der Waals surface area (Å²) in [5.41, 5.74) is 1.37. The molecule has 8 nitrogen and oxygen atoms in total. The topological polar surface area (TPSA) is 65.6 Å². The van der Waals surface area contributed by atoms with Crippen molar-refractivity contribution in [3.63, 3.8) is 0 Å². The summed E-state index contributed by atoms with van der Waals surface area (Å²) >= 11 is 0. The summed E-state index contributed by atoms with van der Waals surface area (Å²) in [6.07, 6.45) is 3.43. The zero-order chi connectivity index (χ0) is 23.8. The first kappa shape index (κ1) is 24.9. The van der Waals surface area contributed by atoms with Gasteiger partial charge < -0.3 is 19.3 Å². The van der Waals surface area contributed by atoms with Crippen molar-refractivity contribution in [1.29, 1.82) is 0 Å². The number of ether oxygens (including phenoxy) is 2. The van der Waals surface area contributed by atoms with Gasteiger partial charge in [0, 0.05) is 52.2 Å². The molecule has 34 heavy (non-hydrogen) atoms. The van der Waals surface area contributed by atoms with Gasteiger partial charge in [-0.15, -0.1) is 0 Å². The number of piperidine rings is 1. The molecule has 0 spiro atoms. The predicted molar refractivity (Wildman–Crippen MR) is 130 cm³/mol. The third-order valence-corrected chi connectivity index (χ3v) is 7.39. The molecule has 4 rings (SSSR count). The Hall–Kier alpha value is -2.16. The van der Waals surface area contributed by atoms with Crippen LogP contribution in [0.15, 0.2) is 30.3 Å². The van der Waals surface area contributed by atoms with Crippen LogP contribution in [0, 0.1) is 5.92 Å². The molecule has 0 aliphatic carbocycles. The third kappa shape index (κ3) is 7.42. The van der Waals surface area contributed by atoms with Crippen LogP contribution in [0.3, 0.4) is 0 Å². The number of cyclic esters (lactones) is 1. The maximum atomic E-state index is 12.5. The van der Waals surface area contributed by atoms with E-state index in [9.17, 15) is 9.59 Å². The zero-order valence-electron chi connectivity index (χ0n) is 20.6. The number of likely N-dealkylation sites (tertiary alicyclic amines) is 1. The Kier molecular flexibility index (Phi) is 9.18. The maximum absolute atomic E-state index is 12.5. The molecule has 1 aromatic carbocycles. The normalized spacial score (nSPS) is 23.3. The fourth-order valence-electron chi connectivity index (χ4n) is 5.33. The third-order valence-electron chi connectivity index (χ3n) is 7.39. The van der Waals surface area contributed by atoms with E-state index >= 15 is 0 Å². The highest BCUT2D eigenvalue weighted by Crippen LogP contribution is 2.23. The highest BCUT2D eigenvalue weighted by Gasteiger charge is 2.35. The van der Waals surface area contributed by atoms with Crippen LogP contribution < -0.4 is 0 Å². The standard InChI is InChI=1S/C26H40N4O4/c1-33-25(31)8-5-11-27-14-16-29(17-15-27)20-24-21-30(26(32)34-24)19-23-9-12-28(13-10-23)18-22-6-3-2-4-7-22/h2-4,6-7,23-24H,5,8-21H2,1H3. The summed E-state index contributed by atoms with van der Waals surface area (Å²) in [6.45, 7) is 10.4. The van der Waals surface area contributed by atoms with Gasteiger partial charge in [0.1, 0.15) is 6.10 Å². The molecular weight excluding hydrogens is 432 g/mol. The van der Waals surface area contributed by atoms with Crippen LogP contribution in [-0.2, 0) is 20.8 Å². The largest absolute Gasteiger partial charge is 0.469 e. The molecular formula is C26H40N4O4. The first-order valence-corrected chi connectivity index (χ1v) is 12.8. The highest BCUT2D eigenvalue weighted by atomic mass is 16.6. The fourth-order valence-corrected chi connectivity index (χ4v) is 5.33. The molecule has 8 heteroatoms. The second kappa shape index (κ2) is 12.5.